The molecule has 1 rings (SSSR count). The zero-order chi connectivity index (χ0) is 12.0. The van der Waals surface area contributed by atoms with Gasteiger partial charge in [0.15, 0.2) is 0 Å². The van der Waals surface area contributed by atoms with Crippen LogP contribution in [-0.4, -0.2) is 5.78 Å². The van der Waals surface area contributed by atoms with Gasteiger partial charge in [0.2, 0.25) is 0 Å². The molecule has 1 aromatic rings. The lowest BCUT2D eigenvalue weighted by atomic mass is 9.99. The normalized spacial score (nSPS) is 10.4. The Morgan fingerprint density at radius 2 is 1.94 bits per heavy atom. The van der Waals surface area contributed by atoms with Crippen molar-refractivity contribution in [2.45, 2.75) is 52.9 Å². The molecule has 0 aromatic heterocycles. The third-order valence-electron chi connectivity index (χ3n) is 2.95. The Morgan fingerprint density at radius 1 is 1.19 bits per heavy atom. The van der Waals surface area contributed by atoms with Crippen LogP contribution in [0.2, 0.25) is 0 Å². The molecule has 0 spiro atoms. The third-order valence-corrected chi connectivity index (χ3v) is 2.95. The van der Waals surface area contributed by atoms with Crippen molar-refractivity contribution in [2.75, 3.05) is 0 Å². The van der Waals surface area contributed by atoms with Gasteiger partial charge in [0.1, 0.15) is 5.78 Å². The lowest BCUT2D eigenvalue weighted by Crippen LogP contribution is -2.04. The van der Waals surface area contributed by atoms with E-state index in [1.54, 1.807) is 0 Å². The second-order valence-electron chi connectivity index (χ2n) is 4.60. The fourth-order valence-electron chi connectivity index (χ4n) is 1.86. The summed E-state index contributed by atoms with van der Waals surface area (Å²) in [7, 11) is 0. The largest absolute Gasteiger partial charge is 0.299 e. The van der Waals surface area contributed by atoms with Gasteiger partial charge in [-0.15, -0.1) is 0 Å². The first-order valence-electron chi connectivity index (χ1n) is 6.21. The summed E-state index contributed by atoms with van der Waals surface area (Å²) in [4.78, 5) is 11.8. The van der Waals surface area contributed by atoms with E-state index >= 15 is 0 Å². The van der Waals surface area contributed by atoms with Crippen LogP contribution in [0, 0.1) is 13.8 Å². The quantitative estimate of drug-likeness (QED) is 0.660. The lowest BCUT2D eigenvalue weighted by molar-refractivity contribution is -0.118. The number of aryl methyl sites for hydroxylation is 2. The van der Waals surface area contributed by atoms with Crippen LogP contribution in [0.25, 0.3) is 0 Å². The van der Waals surface area contributed by atoms with Gasteiger partial charge in [0.05, 0.1) is 0 Å². The predicted octanol–water partition coefficient (Wildman–Crippen LogP) is 4.00. The first-order valence-corrected chi connectivity index (χ1v) is 6.21. The molecule has 0 fully saturated rings. The maximum absolute atomic E-state index is 11.8. The van der Waals surface area contributed by atoms with E-state index in [0.29, 0.717) is 12.2 Å². The monoisotopic (exact) mass is 218 g/mol. The third kappa shape index (κ3) is 4.18. The lowest BCUT2D eigenvalue weighted by Gasteiger charge is -2.06. The van der Waals surface area contributed by atoms with E-state index in [4.69, 9.17) is 0 Å². The topological polar surface area (TPSA) is 17.1 Å². The molecule has 0 amide bonds. The van der Waals surface area contributed by atoms with E-state index < -0.39 is 0 Å². The summed E-state index contributed by atoms with van der Waals surface area (Å²) < 4.78 is 0. The molecular formula is C15H22O. The Hall–Kier alpha value is -1.11. The fourth-order valence-corrected chi connectivity index (χ4v) is 1.86. The van der Waals surface area contributed by atoms with E-state index in [9.17, 15) is 4.79 Å². The molecule has 0 heterocycles. The van der Waals surface area contributed by atoms with E-state index in [1.165, 1.54) is 29.5 Å². The molecule has 0 saturated carbocycles. The minimum Gasteiger partial charge on any atom is -0.299 e. The highest BCUT2D eigenvalue weighted by atomic mass is 16.1. The number of ketones is 1. The zero-order valence-electron chi connectivity index (χ0n) is 10.7. The number of hydrogen-bond acceptors (Lipinski definition) is 1. The summed E-state index contributed by atoms with van der Waals surface area (Å²) in [6.45, 7) is 6.31. The number of rotatable bonds is 6. The van der Waals surface area contributed by atoms with Crippen LogP contribution in [-0.2, 0) is 11.2 Å². The van der Waals surface area contributed by atoms with Gasteiger partial charge in [-0.2, -0.15) is 0 Å². The molecule has 0 aliphatic rings. The summed E-state index contributed by atoms with van der Waals surface area (Å²) in [6.07, 6.45) is 4.73. The van der Waals surface area contributed by atoms with Crippen LogP contribution in [0.4, 0.5) is 0 Å². The second-order valence-corrected chi connectivity index (χ2v) is 4.60. The highest BCUT2D eigenvalue weighted by Crippen LogP contribution is 2.13. The van der Waals surface area contributed by atoms with Gasteiger partial charge >= 0.3 is 0 Å². The number of benzene rings is 1. The molecule has 0 aliphatic heterocycles. The molecule has 0 aliphatic carbocycles. The van der Waals surface area contributed by atoms with E-state index in [2.05, 4.69) is 39.0 Å². The van der Waals surface area contributed by atoms with Crippen molar-refractivity contribution in [1.29, 1.82) is 0 Å². The van der Waals surface area contributed by atoms with E-state index in [1.807, 2.05) is 0 Å². The average Bonchev–Trinajstić information content (AvgIpc) is 2.24. The number of hydrogen-bond donors (Lipinski definition) is 0. The van der Waals surface area contributed by atoms with Crippen LogP contribution >= 0.6 is 0 Å². The number of carbonyl (C=O) groups is 1. The van der Waals surface area contributed by atoms with Crippen LogP contribution in [0.3, 0.4) is 0 Å². The molecule has 16 heavy (non-hydrogen) atoms. The fraction of sp³-hybridized carbons (Fsp3) is 0.533. The van der Waals surface area contributed by atoms with E-state index in [0.717, 1.165) is 12.8 Å². The minimum absolute atomic E-state index is 0.377. The molecule has 0 bridgehead atoms. The Kier molecular flexibility index (Phi) is 5.24. The molecule has 0 N–H and O–H groups in total. The van der Waals surface area contributed by atoms with Crippen molar-refractivity contribution in [3.8, 4) is 0 Å². The van der Waals surface area contributed by atoms with Crippen molar-refractivity contribution >= 4 is 5.78 Å². The van der Waals surface area contributed by atoms with Gasteiger partial charge < -0.3 is 0 Å². The van der Waals surface area contributed by atoms with Crippen molar-refractivity contribution in [3.63, 3.8) is 0 Å². The van der Waals surface area contributed by atoms with Gasteiger partial charge in [0.25, 0.3) is 0 Å². The minimum atomic E-state index is 0.377. The summed E-state index contributed by atoms with van der Waals surface area (Å²) in [5.41, 5.74) is 3.66. The standard InChI is InChI=1S/C15H22O/c1-4-5-6-7-15(16)11-14-10-12(2)8-9-13(14)3/h8-10H,4-7,11H2,1-3H3. The van der Waals surface area contributed by atoms with Crippen LogP contribution in [0.15, 0.2) is 18.2 Å². The van der Waals surface area contributed by atoms with Gasteiger partial charge in [-0.25, -0.2) is 0 Å². The van der Waals surface area contributed by atoms with Gasteiger partial charge in [-0.3, -0.25) is 4.79 Å². The first kappa shape index (κ1) is 13.0. The molecule has 1 aromatic carbocycles. The SMILES string of the molecule is CCCCCC(=O)Cc1cc(C)ccc1C. The maximum Gasteiger partial charge on any atom is 0.137 e. The highest BCUT2D eigenvalue weighted by molar-refractivity contribution is 5.81. The Balaban J connectivity index is 2.52. The Morgan fingerprint density at radius 3 is 2.62 bits per heavy atom. The van der Waals surface area contributed by atoms with Crippen LogP contribution < -0.4 is 0 Å². The number of Topliss-reactive ketones (excluding diaryl/α,β-unsaturated/α-hetero) is 1. The molecule has 1 heteroatoms. The molecule has 0 unspecified atom stereocenters. The van der Waals surface area contributed by atoms with Crippen molar-refractivity contribution in [3.05, 3.63) is 34.9 Å². The maximum atomic E-state index is 11.8. The van der Waals surface area contributed by atoms with E-state index in [-0.39, 0.29) is 0 Å². The summed E-state index contributed by atoms with van der Waals surface area (Å²) in [5.74, 6) is 0.377. The molecule has 0 saturated heterocycles. The van der Waals surface area contributed by atoms with Crippen molar-refractivity contribution < 1.29 is 4.79 Å². The molecule has 0 radical (unpaired) electrons. The van der Waals surface area contributed by atoms with Crippen molar-refractivity contribution in [1.82, 2.24) is 0 Å². The summed E-state index contributed by atoms with van der Waals surface area (Å²) >= 11 is 0. The number of carbonyl (C=O) groups excluding carboxylic acids is 1. The molecule has 1 nitrogen and oxygen atoms in total. The Bertz CT molecular complexity index is 352. The average molecular weight is 218 g/mol. The molecular weight excluding hydrogens is 196 g/mol. The van der Waals surface area contributed by atoms with Gasteiger partial charge in [-0.1, -0.05) is 43.5 Å². The molecule has 88 valence electrons. The smallest absolute Gasteiger partial charge is 0.137 e. The first-order chi connectivity index (χ1) is 7.63. The van der Waals surface area contributed by atoms with Crippen LogP contribution in [0.1, 0.15) is 49.3 Å². The predicted molar refractivity (Wildman–Crippen MR) is 68.8 cm³/mol. The zero-order valence-corrected chi connectivity index (χ0v) is 10.7. The van der Waals surface area contributed by atoms with Crippen LogP contribution in [0.5, 0.6) is 0 Å². The summed E-state index contributed by atoms with van der Waals surface area (Å²) in [5, 5.41) is 0. The van der Waals surface area contributed by atoms with Gasteiger partial charge in [-0.05, 0) is 31.4 Å². The van der Waals surface area contributed by atoms with Crippen molar-refractivity contribution in [2.24, 2.45) is 0 Å². The number of unbranched alkanes of at least 4 members (excludes halogenated alkanes) is 2. The highest BCUT2D eigenvalue weighted by Gasteiger charge is 2.06. The Labute approximate surface area is 98.9 Å². The second kappa shape index (κ2) is 6.47. The molecule has 0 atom stereocenters. The van der Waals surface area contributed by atoms with Gasteiger partial charge in [0, 0.05) is 12.8 Å². The summed E-state index contributed by atoms with van der Waals surface area (Å²) in [6, 6.07) is 6.33.